The van der Waals surface area contributed by atoms with Crippen LogP contribution in [0.25, 0.3) is 0 Å². The molecule has 0 atom stereocenters. The Kier molecular flexibility index (Phi) is 11.1. The van der Waals surface area contributed by atoms with Crippen LogP contribution in [-0.4, -0.2) is 48.0 Å². The number of aryl methyl sites for hydroxylation is 2. The van der Waals surface area contributed by atoms with E-state index >= 15 is 0 Å². The van der Waals surface area contributed by atoms with Gasteiger partial charge in [-0.15, -0.1) is 23.4 Å². The Bertz CT molecular complexity index is 1710. The van der Waals surface area contributed by atoms with Crippen LogP contribution in [0.15, 0.2) is 66.9 Å². The predicted molar refractivity (Wildman–Crippen MR) is 163 cm³/mol. The van der Waals surface area contributed by atoms with Crippen molar-refractivity contribution in [3.05, 3.63) is 88.6 Å². The number of pyridine rings is 1. The van der Waals surface area contributed by atoms with Crippen LogP contribution in [0.4, 0.5) is 29.8 Å². The minimum atomic E-state index is -4.81. The lowest BCUT2D eigenvalue weighted by Crippen LogP contribution is -2.18. The molecule has 11 nitrogen and oxygen atoms in total. The number of unbranched alkanes of at least 4 members (excludes halogenated alkanes) is 1. The van der Waals surface area contributed by atoms with E-state index in [9.17, 15) is 31.2 Å². The van der Waals surface area contributed by atoms with Crippen LogP contribution in [0.5, 0.6) is 5.75 Å². The average Bonchev–Trinajstić information content (AvgIpc) is 3.38. The maximum Gasteiger partial charge on any atom is 0.573 e. The summed E-state index contributed by atoms with van der Waals surface area (Å²) in [5.74, 6) is -0.754. The Hall–Kier alpha value is -4.57. The molecule has 238 valence electrons. The van der Waals surface area contributed by atoms with E-state index in [2.05, 4.69) is 35.3 Å². The van der Waals surface area contributed by atoms with Gasteiger partial charge in [-0.1, -0.05) is 41.7 Å². The van der Waals surface area contributed by atoms with Gasteiger partial charge in [0.05, 0.1) is 19.1 Å². The molecule has 4 rings (SSSR count). The van der Waals surface area contributed by atoms with Crippen LogP contribution in [-0.2, 0) is 45.3 Å². The highest BCUT2D eigenvalue weighted by Gasteiger charge is 2.31. The van der Waals surface area contributed by atoms with Crippen molar-refractivity contribution >= 4 is 49.8 Å². The summed E-state index contributed by atoms with van der Waals surface area (Å²) in [7, 11) is -3.38. The summed E-state index contributed by atoms with van der Waals surface area (Å²) in [6, 6.07) is 15.3. The maximum atomic E-state index is 12.4. The Morgan fingerprint density at radius 2 is 1.56 bits per heavy atom. The molecule has 0 aliphatic rings. The predicted octanol–water partition coefficient (Wildman–Crippen LogP) is 5.13. The van der Waals surface area contributed by atoms with Crippen molar-refractivity contribution in [3.63, 3.8) is 0 Å². The molecule has 0 fully saturated rings. The SMILES string of the molecule is CS(=O)(=O)Nc1ccc(CC(=O)Nc2nnc(CCCCc3ccc(NC(=O)Cc4cccc(OC(F)(F)F)c4)nc3)s2)cc1. The fourth-order valence-electron chi connectivity index (χ4n) is 4.14. The smallest absolute Gasteiger partial charge is 0.406 e. The number of sulfonamides is 1. The van der Waals surface area contributed by atoms with E-state index < -0.39 is 28.0 Å². The molecule has 3 N–H and O–H groups in total. The number of aromatic nitrogens is 3. The van der Waals surface area contributed by atoms with Crippen LogP contribution in [0.2, 0.25) is 0 Å². The highest BCUT2D eigenvalue weighted by atomic mass is 32.2. The molecule has 0 spiro atoms. The summed E-state index contributed by atoms with van der Waals surface area (Å²) >= 11 is 1.30. The van der Waals surface area contributed by atoms with E-state index in [1.165, 1.54) is 23.5 Å². The van der Waals surface area contributed by atoms with Gasteiger partial charge in [-0.25, -0.2) is 13.4 Å². The summed E-state index contributed by atoms with van der Waals surface area (Å²) in [5, 5.41) is 14.7. The van der Waals surface area contributed by atoms with E-state index in [4.69, 9.17) is 0 Å². The van der Waals surface area contributed by atoms with Crippen molar-refractivity contribution in [2.75, 3.05) is 21.6 Å². The summed E-state index contributed by atoms with van der Waals surface area (Å²) in [4.78, 5) is 29.0. The second kappa shape index (κ2) is 14.9. The molecule has 0 saturated heterocycles. The molecule has 0 radical (unpaired) electrons. The minimum Gasteiger partial charge on any atom is -0.406 e. The lowest BCUT2D eigenvalue weighted by Gasteiger charge is -2.10. The van der Waals surface area contributed by atoms with Crippen molar-refractivity contribution < 1.29 is 35.9 Å². The number of benzene rings is 2. The number of hydrogen-bond donors (Lipinski definition) is 3. The molecular weight excluding hydrogens is 633 g/mol. The van der Waals surface area contributed by atoms with E-state index in [1.807, 2.05) is 6.07 Å². The van der Waals surface area contributed by atoms with Crippen LogP contribution < -0.4 is 20.1 Å². The van der Waals surface area contributed by atoms with Gasteiger partial charge in [0.25, 0.3) is 0 Å². The first kappa shape index (κ1) is 33.3. The van der Waals surface area contributed by atoms with Gasteiger partial charge in [0.2, 0.25) is 27.0 Å². The zero-order valence-corrected chi connectivity index (χ0v) is 25.6. The number of hydrogen-bond acceptors (Lipinski definition) is 9. The molecule has 4 aromatic rings. The first-order chi connectivity index (χ1) is 21.3. The van der Waals surface area contributed by atoms with Gasteiger partial charge in [-0.05, 0) is 66.3 Å². The monoisotopic (exact) mass is 662 g/mol. The molecule has 45 heavy (non-hydrogen) atoms. The molecule has 2 heterocycles. The molecular formula is C29H29F3N6O5S2. The third kappa shape index (κ3) is 12.1. The first-order valence-electron chi connectivity index (χ1n) is 13.6. The largest absolute Gasteiger partial charge is 0.573 e. The molecule has 2 aromatic heterocycles. The van der Waals surface area contributed by atoms with E-state index in [-0.39, 0.29) is 18.7 Å². The number of alkyl halides is 3. The third-order valence-electron chi connectivity index (χ3n) is 6.03. The topological polar surface area (TPSA) is 152 Å². The number of nitrogens with one attached hydrogen (secondary N) is 3. The Morgan fingerprint density at radius 1 is 0.867 bits per heavy atom. The second-order valence-corrected chi connectivity index (χ2v) is 12.8. The molecule has 2 amide bonds. The van der Waals surface area contributed by atoms with E-state index in [0.29, 0.717) is 34.2 Å². The summed E-state index contributed by atoms with van der Waals surface area (Å²) < 4.78 is 66.1. The standard InChI is InChI=1S/C29H29F3N6O5S2/c1-45(41,42)38-22-12-9-19(10-13-22)16-26(40)35-28-37-36-27(44-28)8-3-2-5-20-11-14-24(33-18-20)34-25(39)17-21-6-4-7-23(15-21)43-29(30,31)32/h4,6-7,9-15,18,38H,2-3,5,8,16-17H2,1H3,(H,33,34,39)(H,35,37,40). The zero-order chi connectivity index (χ0) is 32.5. The van der Waals surface area contributed by atoms with Crippen LogP contribution in [0.3, 0.4) is 0 Å². The van der Waals surface area contributed by atoms with Gasteiger partial charge in [-0.3, -0.25) is 14.3 Å². The highest BCUT2D eigenvalue weighted by Crippen LogP contribution is 2.24. The van der Waals surface area contributed by atoms with Crippen molar-refractivity contribution in [2.24, 2.45) is 0 Å². The fourth-order valence-corrected chi connectivity index (χ4v) is 5.50. The molecule has 2 aromatic carbocycles. The lowest BCUT2D eigenvalue weighted by molar-refractivity contribution is -0.274. The van der Waals surface area contributed by atoms with Gasteiger partial charge < -0.3 is 15.4 Å². The van der Waals surface area contributed by atoms with Crippen molar-refractivity contribution in [3.8, 4) is 5.75 Å². The van der Waals surface area contributed by atoms with Crippen molar-refractivity contribution in [1.82, 2.24) is 15.2 Å². The normalized spacial score (nSPS) is 11.6. The van der Waals surface area contributed by atoms with Gasteiger partial charge in [-0.2, -0.15) is 0 Å². The lowest BCUT2D eigenvalue weighted by atomic mass is 10.1. The summed E-state index contributed by atoms with van der Waals surface area (Å²) in [5.41, 5.74) is 2.46. The number of nitrogens with zero attached hydrogens (tertiary/aromatic N) is 3. The van der Waals surface area contributed by atoms with Gasteiger partial charge in [0.15, 0.2) is 0 Å². The Labute approximate surface area is 261 Å². The van der Waals surface area contributed by atoms with Crippen molar-refractivity contribution in [1.29, 1.82) is 0 Å². The second-order valence-electron chi connectivity index (χ2n) is 9.98. The van der Waals surface area contributed by atoms with Gasteiger partial charge in [0, 0.05) is 18.3 Å². The van der Waals surface area contributed by atoms with Crippen LogP contribution in [0, 0.1) is 0 Å². The van der Waals surface area contributed by atoms with E-state index in [1.54, 1.807) is 36.5 Å². The first-order valence-corrected chi connectivity index (χ1v) is 16.3. The highest BCUT2D eigenvalue weighted by molar-refractivity contribution is 7.92. The summed E-state index contributed by atoms with van der Waals surface area (Å²) in [6.45, 7) is 0. The van der Waals surface area contributed by atoms with Crippen LogP contribution in [0.1, 0.15) is 34.5 Å². The average molecular weight is 663 g/mol. The quantitative estimate of drug-likeness (QED) is 0.157. The van der Waals surface area contributed by atoms with E-state index in [0.717, 1.165) is 48.2 Å². The molecule has 0 saturated carbocycles. The number of rotatable bonds is 14. The Morgan fingerprint density at radius 3 is 2.24 bits per heavy atom. The molecule has 16 heteroatoms. The minimum absolute atomic E-state index is 0.0965. The molecule has 0 aliphatic heterocycles. The number of anilines is 3. The van der Waals surface area contributed by atoms with Gasteiger partial charge in [0.1, 0.15) is 16.6 Å². The number of amides is 2. The molecule has 0 bridgehead atoms. The number of carbonyl (C=O) groups is 2. The molecule has 0 aliphatic carbocycles. The van der Waals surface area contributed by atoms with Crippen LogP contribution >= 0.6 is 11.3 Å². The number of carbonyl (C=O) groups excluding carboxylic acids is 2. The maximum absolute atomic E-state index is 12.4. The third-order valence-corrected chi connectivity index (χ3v) is 7.54. The number of halogens is 3. The van der Waals surface area contributed by atoms with Gasteiger partial charge >= 0.3 is 6.36 Å². The van der Waals surface area contributed by atoms with Crippen molar-refractivity contribution in [2.45, 2.75) is 44.9 Å². The fraction of sp³-hybridized carbons (Fsp3) is 0.276. The zero-order valence-electron chi connectivity index (χ0n) is 23.9. The number of ether oxygens (including phenoxy) is 1. The Balaban J connectivity index is 1.15. The molecule has 0 unspecified atom stereocenters. The summed E-state index contributed by atoms with van der Waals surface area (Å²) in [6.07, 6.45) is 0.950.